The van der Waals surface area contributed by atoms with E-state index in [2.05, 4.69) is 35.3 Å². The molecule has 2 N–H and O–H groups in total. The van der Waals surface area contributed by atoms with Crippen LogP contribution in [0.15, 0.2) is 41.3 Å². The lowest BCUT2D eigenvalue weighted by Crippen LogP contribution is -2.50. The summed E-state index contributed by atoms with van der Waals surface area (Å²) in [5.41, 5.74) is 3.46. The van der Waals surface area contributed by atoms with E-state index < -0.39 is 16.0 Å². The van der Waals surface area contributed by atoms with Gasteiger partial charge >= 0.3 is 5.97 Å². The number of fused-ring (bicyclic) bond motifs is 1. The highest BCUT2D eigenvalue weighted by Crippen LogP contribution is 2.29. The molecule has 2 heterocycles. The standard InChI is InChI=1S/C29H38N4O4S/c1-18(2)13-22(6)32-9-11-33(12-10-32)28-17-25(29(34)35)24-16-23(7-8-26(24)30-28)31-38(36,37)27-15-20(4)19(3)14-21(27)5/h7-8,14-18,22,31H,9-13H2,1-6H3,(H,34,35)/t22-/m1/s1. The van der Waals surface area contributed by atoms with Crippen molar-refractivity contribution in [3.63, 3.8) is 0 Å². The zero-order valence-corrected chi connectivity index (χ0v) is 23.9. The van der Waals surface area contributed by atoms with Crippen molar-refractivity contribution in [2.24, 2.45) is 5.92 Å². The Labute approximate surface area is 225 Å². The minimum absolute atomic E-state index is 0.101. The molecule has 38 heavy (non-hydrogen) atoms. The van der Waals surface area contributed by atoms with Crippen LogP contribution < -0.4 is 9.62 Å². The Morgan fingerprint density at radius 2 is 1.63 bits per heavy atom. The van der Waals surface area contributed by atoms with Crippen molar-refractivity contribution < 1.29 is 18.3 Å². The quantitative estimate of drug-likeness (QED) is 0.406. The highest BCUT2D eigenvalue weighted by Gasteiger charge is 2.24. The Kier molecular flexibility index (Phi) is 7.99. The fourth-order valence-corrected chi connectivity index (χ4v) is 6.63. The highest BCUT2D eigenvalue weighted by molar-refractivity contribution is 7.92. The summed E-state index contributed by atoms with van der Waals surface area (Å²) >= 11 is 0. The van der Waals surface area contributed by atoms with E-state index in [1.165, 1.54) is 0 Å². The molecular weight excluding hydrogens is 500 g/mol. The highest BCUT2D eigenvalue weighted by atomic mass is 32.2. The van der Waals surface area contributed by atoms with E-state index in [-0.39, 0.29) is 10.5 Å². The van der Waals surface area contributed by atoms with Gasteiger partial charge in [-0.15, -0.1) is 0 Å². The number of benzene rings is 2. The summed E-state index contributed by atoms with van der Waals surface area (Å²) in [4.78, 5) is 21.8. The predicted octanol–water partition coefficient (Wildman–Crippen LogP) is 5.22. The third-order valence-corrected chi connectivity index (χ3v) is 8.96. The Balaban J connectivity index is 1.60. The average molecular weight is 539 g/mol. The normalized spacial score (nSPS) is 15.7. The fourth-order valence-electron chi connectivity index (χ4n) is 5.27. The number of rotatable bonds is 8. The van der Waals surface area contributed by atoms with E-state index in [9.17, 15) is 18.3 Å². The van der Waals surface area contributed by atoms with Crippen LogP contribution >= 0.6 is 0 Å². The number of aromatic carboxylic acids is 1. The summed E-state index contributed by atoms with van der Waals surface area (Å²) in [5.74, 6) is 0.195. The van der Waals surface area contributed by atoms with E-state index in [1.54, 1.807) is 37.3 Å². The van der Waals surface area contributed by atoms with Crippen LogP contribution in [-0.4, -0.2) is 61.6 Å². The molecule has 1 saturated heterocycles. The number of aryl methyl sites for hydroxylation is 3. The molecule has 1 aromatic heterocycles. The number of aromatic nitrogens is 1. The van der Waals surface area contributed by atoms with Gasteiger partial charge in [0, 0.05) is 43.3 Å². The Bertz CT molecular complexity index is 1460. The summed E-state index contributed by atoms with van der Waals surface area (Å²) in [6, 6.07) is 10.5. The van der Waals surface area contributed by atoms with Crippen LogP contribution in [0.1, 0.15) is 54.2 Å². The van der Waals surface area contributed by atoms with Crippen LogP contribution in [0.3, 0.4) is 0 Å². The number of nitrogens with one attached hydrogen (secondary N) is 1. The first-order chi connectivity index (χ1) is 17.9. The number of pyridine rings is 1. The molecule has 0 aliphatic carbocycles. The number of sulfonamides is 1. The predicted molar refractivity (Wildman–Crippen MR) is 153 cm³/mol. The first kappa shape index (κ1) is 27.9. The molecule has 0 bridgehead atoms. The molecule has 2 aromatic carbocycles. The second-order valence-electron chi connectivity index (χ2n) is 10.9. The van der Waals surface area contributed by atoms with Gasteiger partial charge in [-0.1, -0.05) is 19.9 Å². The number of carboxylic acids is 1. The van der Waals surface area contributed by atoms with Crippen LogP contribution in [0.5, 0.6) is 0 Å². The number of piperazine rings is 1. The topological polar surface area (TPSA) is 103 Å². The van der Waals surface area contributed by atoms with Crippen LogP contribution in [0.25, 0.3) is 10.9 Å². The van der Waals surface area contributed by atoms with Gasteiger partial charge in [0.2, 0.25) is 0 Å². The first-order valence-electron chi connectivity index (χ1n) is 13.1. The van der Waals surface area contributed by atoms with Gasteiger partial charge in [-0.2, -0.15) is 0 Å². The molecule has 0 unspecified atom stereocenters. The summed E-state index contributed by atoms with van der Waals surface area (Å²) in [6.07, 6.45) is 1.15. The van der Waals surface area contributed by atoms with E-state index >= 15 is 0 Å². The Morgan fingerprint density at radius 3 is 2.26 bits per heavy atom. The number of hydrogen-bond acceptors (Lipinski definition) is 6. The molecule has 1 atom stereocenters. The van der Waals surface area contributed by atoms with Gasteiger partial charge in [0.25, 0.3) is 10.0 Å². The monoisotopic (exact) mass is 538 g/mol. The van der Waals surface area contributed by atoms with Crippen molar-refractivity contribution in [3.8, 4) is 0 Å². The van der Waals surface area contributed by atoms with Crippen molar-refractivity contribution in [1.29, 1.82) is 0 Å². The van der Waals surface area contributed by atoms with Crippen LogP contribution in [0, 0.1) is 26.7 Å². The van der Waals surface area contributed by atoms with Gasteiger partial charge in [0.05, 0.1) is 16.0 Å². The molecule has 1 aliphatic rings. The third kappa shape index (κ3) is 5.94. The average Bonchev–Trinajstić information content (AvgIpc) is 2.84. The van der Waals surface area contributed by atoms with Crippen molar-refractivity contribution in [2.45, 2.75) is 58.9 Å². The molecule has 1 fully saturated rings. The van der Waals surface area contributed by atoms with E-state index in [1.807, 2.05) is 19.9 Å². The van der Waals surface area contributed by atoms with E-state index in [0.29, 0.717) is 39.9 Å². The lowest BCUT2D eigenvalue weighted by molar-refractivity contribution is 0.0699. The first-order valence-corrected chi connectivity index (χ1v) is 14.6. The summed E-state index contributed by atoms with van der Waals surface area (Å²) in [5, 5.41) is 10.4. The third-order valence-electron chi connectivity index (χ3n) is 7.43. The largest absolute Gasteiger partial charge is 0.478 e. The molecule has 9 heteroatoms. The molecule has 0 radical (unpaired) electrons. The van der Waals surface area contributed by atoms with Crippen LogP contribution in [0.4, 0.5) is 11.5 Å². The second-order valence-corrected chi connectivity index (χ2v) is 12.5. The summed E-state index contributed by atoms with van der Waals surface area (Å²) in [6.45, 7) is 15.7. The van der Waals surface area contributed by atoms with Gasteiger partial charge in [0.15, 0.2) is 0 Å². The molecule has 0 amide bonds. The van der Waals surface area contributed by atoms with Crippen molar-refractivity contribution in [3.05, 3.63) is 58.7 Å². The maximum Gasteiger partial charge on any atom is 0.336 e. The van der Waals surface area contributed by atoms with Crippen molar-refractivity contribution >= 4 is 38.4 Å². The number of carboxylic acid groups (broad SMARTS) is 1. The van der Waals surface area contributed by atoms with Gasteiger partial charge in [-0.25, -0.2) is 18.2 Å². The van der Waals surface area contributed by atoms with E-state index in [0.717, 1.165) is 43.7 Å². The summed E-state index contributed by atoms with van der Waals surface area (Å²) < 4.78 is 29.0. The molecule has 0 saturated carbocycles. The minimum Gasteiger partial charge on any atom is -0.478 e. The number of hydrogen-bond donors (Lipinski definition) is 2. The number of anilines is 2. The second kappa shape index (κ2) is 10.9. The Hall–Kier alpha value is -3.17. The molecule has 204 valence electrons. The SMILES string of the molecule is Cc1cc(C)c(S(=O)(=O)Nc2ccc3nc(N4CCN([C@H](C)CC(C)C)CC4)cc(C(=O)O)c3c2)cc1C. The lowest BCUT2D eigenvalue weighted by atomic mass is 10.0. The maximum absolute atomic E-state index is 13.2. The molecule has 0 spiro atoms. The number of nitrogens with zero attached hydrogens (tertiary/aromatic N) is 3. The molecular formula is C29H38N4O4S. The summed E-state index contributed by atoms with van der Waals surface area (Å²) in [7, 11) is -3.86. The van der Waals surface area contributed by atoms with Gasteiger partial charge in [0.1, 0.15) is 5.82 Å². The zero-order valence-electron chi connectivity index (χ0n) is 23.1. The molecule has 8 nitrogen and oxygen atoms in total. The van der Waals surface area contributed by atoms with E-state index in [4.69, 9.17) is 4.98 Å². The lowest BCUT2D eigenvalue weighted by Gasteiger charge is -2.39. The van der Waals surface area contributed by atoms with Crippen molar-refractivity contribution in [1.82, 2.24) is 9.88 Å². The van der Waals surface area contributed by atoms with Gasteiger partial charge in [-0.3, -0.25) is 9.62 Å². The smallest absolute Gasteiger partial charge is 0.336 e. The van der Waals surface area contributed by atoms with Crippen LogP contribution in [-0.2, 0) is 10.0 Å². The zero-order chi connectivity index (χ0) is 27.8. The molecule has 4 rings (SSSR count). The molecule has 1 aliphatic heterocycles. The molecule has 3 aromatic rings. The fraction of sp³-hybridized carbons (Fsp3) is 0.448. The maximum atomic E-state index is 13.2. The number of carbonyl (C=O) groups is 1. The van der Waals surface area contributed by atoms with Crippen LogP contribution in [0.2, 0.25) is 0 Å². The van der Waals surface area contributed by atoms with Gasteiger partial charge in [-0.05, 0) is 87.1 Å². The Morgan fingerprint density at radius 1 is 0.974 bits per heavy atom. The van der Waals surface area contributed by atoms with Crippen molar-refractivity contribution in [2.75, 3.05) is 35.8 Å². The van der Waals surface area contributed by atoms with Gasteiger partial charge < -0.3 is 10.0 Å². The minimum atomic E-state index is -3.86.